The first-order valence-corrected chi connectivity index (χ1v) is 7.23. The van der Waals surface area contributed by atoms with Gasteiger partial charge in [-0.3, -0.25) is 0 Å². The van der Waals surface area contributed by atoms with E-state index in [2.05, 4.69) is 16.9 Å². The molecule has 0 saturated carbocycles. The lowest BCUT2D eigenvalue weighted by Crippen LogP contribution is -2.49. The quantitative estimate of drug-likeness (QED) is 0.630. The number of hydrogen-bond donors (Lipinski definition) is 0. The zero-order valence-corrected chi connectivity index (χ0v) is 12.3. The molecule has 1 aliphatic rings. The van der Waals surface area contributed by atoms with Crippen LogP contribution < -0.4 is 4.90 Å². The van der Waals surface area contributed by atoms with E-state index in [4.69, 9.17) is 16.3 Å². The van der Waals surface area contributed by atoms with Gasteiger partial charge in [-0.15, -0.1) is 0 Å². The van der Waals surface area contributed by atoms with Crippen molar-refractivity contribution >= 4 is 23.6 Å². The van der Waals surface area contributed by atoms with Crippen molar-refractivity contribution in [2.45, 2.75) is 19.8 Å². The SMILES string of the molecule is CCCCOC(=O)N1CCN(c2nccc(Cl)n2)CC1. The van der Waals surface area contributed by atoms with Crippen molar-refractivity contribution in [2.75, 3.05) is 37.7 Å². The predicted molar refractivity (Wildman–Crippen MR) is 77.1 cm³/mol. The van der Waals surface area contributed by atoms with Crippen molar-refractivity contribution in [3.05, 3.63) is 17.4 Å². The van der Waals surface area contributed by atoms with E-state index in [1.807, 2.05) is 4.90 Å². The summed E-state index contributed by atoms with van der Waals surface area (Å²) in [6.07, 6.45) is 3.33. The first-order valence-electron chi connectivity index (χ1n) is 6.86. The largest absolute Gasteiger partial charge is 0.449 e. The number of carbonyl (C=O) groups excluding carboxylic acids is 1. The van der Waals surface area contributed by atoms with Gasteiger partial charge in [0.1, 0.15) is 5.15 Å². The molecule has 20 heavy (non-hydrogen) atoms. The second-order valence-electron chi connectivity index (χ2n) is 4.62. The van der Waals surface area contributed by atoms with E-state index < -0.39 is 0 Å². The minimum absolute atomic E-state index is 0.231. The summed E-state index contributed by atoms with van der Waals surface area (Å²) in [6, 6.07) is 1.65. The van der Waals surface area contributed by atoms with E-state index in [1.54, 1.807) is 17.2 Å². The molecule has 7 heteroatoms. The highest BCUT2D eigenvalue weighted by Crippen LogP contribution is 2.13. The lowest BCUT2D eigenvalue weighted by atomic mass is 10.3. The van der Waals surface area contributed by atoms with Crippen molar-refractivity contribution < 1.29 is 9.53 Å². The van der Waals surface area contributed by atoms with E-state index in [0.29, 0.717) is 43.9 Å². The van der Waals surface area contributed by atoms with Crippen molar-refractivity contribution in [1.82, 2.24) is 14.9 Å². The summed E-state index contributed by atoms with van der Waals surface area (Å²) >= 11 is 5.85. The Balaban J connectivity index is 1.81. The predicted octanol–water partition coefficient (Wildman–Crippen LogP) is 2.19. The Labute approximate surface area is 123 Å². The van der Waals surface area contributed by atoms with E-state index in [-0.39, 0.29) is 6.09 Å². The minimum Gasteiger partial charge on any atom is -0.449 e. The number of aromatic nitrogens is 2. The molecule has 1 amide bonds. The molecule has 6 nitrogen and oxygen atoms in total. The zero-order chi connectivity index (χ0) is 14.4. The monoisotopic (exact) mass is 298 g/mol. The second kappa shape index (κ2) is 7.28. The number of halogens is 1. The number of hydrogen-bond acceptors (Lipinski definition) is 5. The van der Waals surface area contributed by atoms with Gasteiger partial charge in [0.05, 0.1) is 6.61 Å². The number of ether oxygens (including phenoxy) is 1. The van der Waals surface area contributed by atoms with Gasteiger partial charge in [0.15, 0.2) is 0 Å². The summed E-state index contributed by atoms with van der Waals surface area (Å²) in [4.78, 5) is 23.9. The molecule has 0 aromatic carbocycles. The average Bonchev–Trinajstić information content (AvgIpc) is 2.47. The molecule has 110 valence electrons. The van der Waals surface area contributed by atoms with Gasteiger partial charge >= 0.3 is 6.09 Å². The number of carbonyl (C=O) groups is 1. The van der Waals surface area contributed by atoms with Crippen LogP contribution in [0.15, 0.2) is 12.3 Å². The molecule has 2 heterocycles. The highest BCUT2D eigenvalue weighted by Gasteiger charge is 2.23. The molecule has 1 saturated heterocycles. The Morgan fingerprint density at radius 1 is 1.40 bits per heavy atom. The number of amides is 1. The molecule has 1 aliphatic heterocycles. The Hall–Kier alpha value is -1.56. The van der Waals surface area contributed by atoms with E-state index in [1.165, 1.54) is 0 Å². The maximum Gasteiger partial charge on any atom is 0.409 e. The number of nitrogens with zero attached hydrogens (tertiary/aromatic N) is 4. The van der Waals surface area contributed by atoms with Crippen LogP contribution in [0.2, 0.25) is 5.15 Å². The Kier molecular flexibility index (Phi) is 5.40. The fourth-order valence-electron chi connectivity index (χ4n) is 1.96. The van der Waals surface area contributed by atoms with Gasteiger partial charge in [0.25, 0.3) is 0 Å². The van der Waals surface area contributed by atoms with Gasteiger partial charge in [-0.2, -0.15) is 0 Å². The van der Waals surface area contributed by atoms with Crippen LogP contribution in [-0.4, -0.2) is 53.7 Å². The Morgan fingerprint density at radius 2 is 2.15 bits per heavy atom. The molecular weight excluding hydrogens is 280 g/mol. The van der Waals surface area contributed by atoms with E-state index in [9.17, 15) is 4.79 Å². The van der Waals surface area contributed by atoms with Crippen LogP contribution >= 0.6 is 11.6 Å². The molecule has 1 aromatic heterocycles. The Bertz CT molecular complexity index is 450. The van der Waals surface area contributed by atoms with Gasteiger partial charge in [-0.1, -0.05) is 24.9 Å². The number of anilines is 1. The number of piperazine rings is 1. The number of unbranched alkanes of at least 4 members (excludes halogenated alkanes) is 1. The van der Waals surface area contributed by atoms with Crippen LogP contribution in [0.5, 0.6) is 0 Å². The molecule has 0 N–H and O–H groups in total. The van der Waals surface area contributed by atoms with Crippen LogP contribution in [0.3, 0.4) is 0 Å². The maximum atomic E-state index is 11.8. The first kappa shape index (κ1) is 14.8. The van der Waals surface area contributed by atoms with Gasteiger partial charge in [0, 0.05) is 32.4 Å². The summed E-state index contributed by atoms with van der Waals surface area (Å²) in [6.45, 7) is 5.15. The standard InChI is InChI=1S/C13H19ClN4O2/c1-2-3-10-20-13(19)18-8-6-17(7-9-18)12-15-5-4-11(14)16-12/h4-5H,2-3,6-10H2,1H3. The van der Waals surface area contributed by atoms with Gasteiger partial charge in [-0.25, -0.2) is 14.8 Å². The second-order valence-corrected chi connectivity index (χ2v) is 5.01. The molecule has 1 fully saturated rings. The van der Waals surface area contributed by atoms with Gasteiger partial charge in [-0.05, 0) is 12.5 Å². The van der Waals surface area contributed by atoms with Crippen LogP contribution in [0.25, 0.3) is 0 Å². The number of rotatable bonds is 4. The summed E-state index contributed by atoms with van der Waals surface area (Å²) in [7, 11) is 0. The van der Waals surface area contributed by atoms with Gasteiger partial charge in [0.2, 0.25) is 5.95 Å². The fourth-order valence-corrected chi connectivity index (χ4v) is 2.10. The molecule has 0 spiro atoms. The molecule has 0 radical (unpaired) electrons. The Morgan fingerprint density at radius 3 is 2.80 bits per heavy atom. The molecule has 0 atom stereocenters. The van der Waals surface area contributed by atoms with Crippen LogP contribution in [-0.2, 0) is 4.74 Å². The van der Waals surface area contributed by atoms with Crippen LogP contribution in [0.4, 0.5) is 10.7 Å². The minimum atomic E-state index is -0.231. The molecular formula is C13H19ClN4O2. The van der Waals surface area contributed by atoms with Gasteiger partial charge < -0.3 is 14.5 Å². The van der Waals surface area contributed by atoms with Crippen molar-refractivity contribution in [1.29, 1.82) is 0 Å². The molecule has 2 rings (SSSR count). The zero-order valence-electron chi connectivity index (χ0n) is 11.6. The third-order valence-corrected chi connectivity index (χ3v) is 3.36. The molecule has 0 bridgehead atoms. The molecule has 0 unspecified atom stereocenters. The highest BCUT2D eigenvalue weighted by atomic mass is 35.5. The third kappa shape index (κ3) is 3.96. The lowest BCUT2D eigenvalue weighted by Gasteiger charge is -2.34. The summed E-state index contributed by atoms with van der Waals surface area (Å²) in [5.41, 5.74) is 0. The summed E-state index contributed by atoms with van der Waals surface area (Å²) in [5.74, 6) is 0.608. The maximum absolute atomic E-state index is 11.8. The van der Waals surface area contributed by atoms with Crippen LogP contribution in [0.1, 0.15) is 19.8 Å². The van der Waals surface area contributed by atoms with Crippen molar-refractivity contribution in [3.8, 4) is 0 Å². The van der Waals surface area contributed by atoms with Crippen molar-refractivity contribution in [3.63, 3.8) is 0 Å². The lowest BCUT2D eigenvalue weighted by molar-refractivity contribution is 0.0988. The molecule has 1 aromatic rings. The van der Waals surface area contributed by atoms with E-state index in [0.717, 1.165) is 12.8 Å². The van der Waals surface area contributed by atoms with Crippen LogP contribution in [0, 0.1) is 0 Å². The normalized spacial score (nSPS) is 15.3. The highest BCUT2D eigenvalue weighted by molar-refractivity contribution is 6.29. The van der Waals surface area contributed by atoms with Crippen molar-refractivity contribution in [2.24, 2.45) is 0 Å². The van der Waals surface area contributed by atoms with E-state index >= 15 is 0 Å². The first-order chi connectivity index (χ1) is 9.70. The average molecular weight is 299 g/mol. The topological polar surface area (TPSA) is 58.6 Å². The molecule has 0 aliphatic carbocycles. The third-order valence-electron chi connectivity index (χ3n) is 3.15. The smallest absolute Gasteiger partial charge is 0.409 e. The fraction of sp³-hybridized carbons (Fsp3) is 0.615. The summed E-state index contributed by atoms with van der Waals surface area (Å²) in [5, 5.41) is 0.427. The summed E-state index contributed by atoms with van der Waals surface area (Å²) < 4.78 is 5.20.